The van der Waals surface area contributed by atoms with E-state index in [1.54, 1.807) is 0 Å². The Kier molecular flexibility index (Phi) is 7.25. The Morgan fingerprint density at radius 1 is 1.29 bits per heavy atom. The van der Waals surface area contributed by atoms with Gasteiger partial charge in [-0.15, -0.1) is 0 Å². The molecule has 0 aliphatic heterocycles. The number of benzene rings is 1. The summed E-state index contributed by atoms with van der Waals surface area (Å²) in [5, 5.41) is 4.17. The average Bonchev–Trinajstić information content (AvgIpc) is 2.30. The highest BCUT2D eigenvalue weighted by Gasteiger charge is 1.99. The molecule has 1 aromatic rings. The molecule has 0 aromatic heterocycles. The smallest absolute Gasteiger partial charge is 0.0591 e. The van der Waals surface area contributed by atoms with E-state index in [4.69, 9.17) is 16.3 Å². The molecule has 0 radical (unpaired) electrons. The molecule has 0 bridgehead atoms. The highest BCUT2D eigenvalue weighted by Crippen LogP contribution is 2.16. The maximum absolute atomic E-state index is 6.14. The first-order valence-corrected chi connectivity index (χ1v) is 6.65. The Labute approximate surface area is 109 Å². The maximum Gasteiger partial charge on any atom is 0.0591 e. The van der Waals surface area contributed by atoms with E-state index in [1.165, 1.54) is 12.0 Å². The third-order valence-electron chi connectivity index (χ3n) is 2.59. The lowest BCUT2D eigenvalue weighted by Crippen LogP contribution is -2.19. The topological polar surface area (TPSA) is 21.3 Å². The number of halogens is 1. The molecule has 0 atom stereocenters. The first kappa shape index (κ1) is 14.5. The first-order valence-electron chi connectivity index (χ1n) is 6.27. The summed E-state index contributed by atoms with van der Waals surface area (Å²) in [4.78, 5) is 0. The molecule has 17 heavy (non-hydrogen) atoms. The molecule has 3 heteroatoms. The molecular weight excluding hydrogens is 234 g/mol. The molecular formula is C14H22ClNO. The number of ether oxygens (including phenoxy) is 1. The van der Waals surface area contributed by atoms with Crippen molar-refractivity contribution < 1.29 is 4.74 Å². The van der Waals surface area contributed by atoms with Crippen molar-refractivity contribution in [3.63, 3.8) is 0 Å². The molecule has 0 unspecified atom stereocenters. The average molecular weight is 256 g/mol. The number of rotatable bonds is 8. The third-order valence-corrected chi connectivity index (χ3v) is 2.94. The van der Waals surface area contributed by atoms with Crippen LogP contribution >= 0.6 is 11.6 Å². The fraction of sp³-hybridized carbons (Fsp3) is 0.571. The summed E-state index contributed by atoms with van der Waals surface area (Å²) in [5.41, 5.74) is 2.34. The lowest BCUT2D eigenvalue weighted by atomic mass is 10.1. The molecule has 0 spiro atoms. The van der Waals surface area contributed by atoms with Crippen molar-refractivity contribution in [3.8, 4) is 0 Å². The Hall–Kier alpha value is -0.570. The van der Waals surface area contributed by atoms with E-state index in [0.717, 1.165) is 43.3 Å². The molecule has 0 aliphatic carbocycles. The monoisotopic (exact) mass is 255 g/mol. The predicted molar refractivity (Wildman–Crippen MR) is 73.6 cm³/mol. The van der Waals surface area contributed by atoms with Crippen LogP contribution in [0.25, 0.3) is 0 Å². The van der Waals surface area contributed by atoms with Crippen LogP contribution in [0, 0.1) is 6.92 Å². The van der Waals surface area contributed by atoms with Crippen LogP contribution < -0.4 is 5.32 Å². The predicted octanol–water partition coefficient (Wildman–Crippen LogP) is 3.55. The van der Waals surface area contributed by atoms with Crippen molar-refractivity contribution >= 4 is 11.6 Å². The van der Waals surface area contributed by atoms with E-state index in [0.29, 0.717) is 0 Å². The Balaban J connectivity index is 2.14. The molecule has 0 fully saturated rings. The Morgan fingerprint density at radius 3 is 2.82 bits per heavy atom. The number of unbranched alkanes of at least 4 members (excludes halogenated alkanes) is 1. The highest BCUT2D eigenvalue weighted by atomic mass is 35.5. The van der Waals surface area contributed by atoms with Gasteiger partial charge in [0.15, 0.2) is 0 Å². The van der Waals surface area contributed by atoms with E-state index >= 15 is 0 Å². The van der Waals surface area contributed by atoms with Crippen LogP contribution in [-0.4, -0.2) is 19.8 Å². The van der Waals surface area contributed by atoms with Crippen LogP contribution in [0.1, 0.15) is 30.9 Å². The van der Waals surface area contributed by atoms with E-state index in [-0.39, 0.29) is 0 Å². The molecule has 1 N–H and O–H groups in total. The van der Waals surface area contributed by atoms with E-state index < -0.39 is 0 Å². The molecule has 0 heterocycles. The summed E-state index contributed by atoms with van der Waals surface area (Å²) >= 11 is 6.14. The van der Waals surface area contributed by atoms with Crippen molar-refractivity contribution in [2.24, 2.45) is 0 Å². The SMILES string of the molecule is CCCCOCCNCc1ccc(C)cc1Cl. The van der Waals surface area contributed by atoms with Gasteiger partial charge in [0, 0.05) is 24.7 Å². The number of hydrogen-bond donors (Lipinski definition) is 1. The molecule has 1 aromatic carbocycles. The molecule has 2 nitrogen and oxygen atoms in total. The zero-order valence-electron chi connectivity index (χ0n) is 10.8. The van der Waals surface area contributed by atoms with Crippen LogP contribution in [0.2, 0.25) is 5.02 Å². The van der Waals surface area contributed by atoms with Crippen LogP contribution in [-0.2, 0) is 11.3 Å². The van der Waals surface area contributed by atoms with Gasteiger partial charge in [-0.2, -0.15) is 0 Å². The molecule has 1 rings (SSSR count). The summed E-state index contributed by atoms with van der Waals surface area (Å²) in [6.45, 7) is 7.52. The minimum Gasteiger partial charge on any atom is -0.380 e. The van der Waals surface area contributed by atoms with E-state index in [1.807, 2.05) is 13.0 Å². The molecule has 96 valence electrons. The maximum atomic E-state index is 6.14. The highest BCUT2D eigenvalue weighted by molar-refractivity contribution is 6.31. The molecule has 0 aliphatic rings. The summed E-state index contributed by atoms with van der Waals surface area (Å²) in [6.07, 6.45) is 2.33. The van der Waals surface area contributed by atoms with Crippen molar-refractivity contribution in [1.29, 1.82) is 0 Å². The minimum atomic E-state index is 0.767. The standard InChI is InChI=1S/C14H22ClNO/c1-3-4-8-17-9-7-16-11-13-6-5-12(2)10-14(13)15/h5-6,10,16H,3-4,7-9,11H2,1-2H3. The lowest BCUT2D eigenvalue weighted by Gasteiger charge is -2.08. The van der Waals surface area contributed by atoms with E-state index in [9.17, 15) is 0 Å². The van der Waals surface area contributed by atoms with Gasteiger partial charge >= 0.3 is 0 Å². The summed E-state index contributed by atoms with van der Waals surface area (Å²) in [5.74, 6) is 0. The molecule has 0 saturated heterocycles. The van der Waals surface area contributed by atoms with Crippen molar-refractivity contribution in [2.75, 3.05) is 19.8 Å². The quantitative estimate of drug-likeness (QED) is 0.718. The van der Waals surface area contributed by atoms with Gasteiger partial charge in [0.2, 0.25) is 0 Å². The fourth-order valence-electron chi connectivity index (χ4n) is 1.51. The molecule has 0 amide bonds. The van der Waals surface area contributed by atoms with Crippen LogP contribution in [0.4, 0.5) is 0 Å². The van der Waals surface area contributed by atoms with Crippen LogP contribution in [0.15, 0.2) is 18.2 Å². The number of hydrogen-bond acceptors (Lipinski definition) is 2. The fourth-order valence-corrected chi connectivity index (χ4v) is 1.81. The van der Waals surface area contributed by atoms with Crippen molar-refractivity contribution in [3.05, 3.63) is 34.3 Å². The van der Waals surface area contributed by atoms with E-state index in [2.05, 4.69) is 24.4 Å². The van der Waals surface area contributed by atoms with Gasteiger partial charge in [0.05, 0.1) is 6.61 Å². The Bertz CT molecular complexity index is 328. The van der Waals surface area contributed by atoms with Gasteiger partial charge in [-0.3, -0.25) is 0 Å². The van der Waals surface area contributed by atoms with Crippen LogP contribution in [0.5, 0.6) is 0 Å². The van der Waals surface area contributed by atoms with Gasteiger partial charge in [-0.25, -0.2) is 0 Å². The second-order valence-corrected chi connectivity index (χ2v) is 4.64. The molecule has 0 saturated carbocycles. The normalized spacial score (nSPS) is 10.8. The summed E-state index contributed by atoms with van der Waals surface area (Å²) in [6, 6.07) is 6.15. The second-order valence-electron chi connectivity index (χ2n) is 4.24. The van der Waals surface area contributed by atoms with Gasteiger partial charge in [-0.1, -0.05) is 37.1 Å². The zero-order valence-corrected chi connectivity index (χ0v) is 11.5. The minimum absolute atomic E-state index is 0.767. The van der Waals surface area contributed by atoms with Crippen molar-refractivity contribution in [1.82, 2.24) is 5.32 Å². The van der Waals surface area contributed by atoms with Gasteiger partial charge < -0.3 is 10.1 Å². The van der Waals surface area contributed by atoms with Crippen LogP contribution in [0.3, 0.4) is 0 Å². The van der Waals surface area contributed by atoms with Gasteiger partial charge in [-0.05, 0) is 30.5 Å². The van der Waals surface area contributed by atoms with Gasteiger partial charge in [0.1, 0.15) is 0 Å². The summed E-state index contributed by atoms with van der Waals surface area (Å²) < 4.78 is 5.47. The second kappa shape index (κ2) is 8.51. The number of aryl methyl sites for hydroxylation is 1. The number of nitrogens with one attached hydrogen (secondary N) is 1. The first-order chi connectivity index (χ1) is 8.24. The Morgan fingerprint density at radius 2 is 2.12 bits per heavy atom. The summed E-state index contributed by atoms with van der Waals surface area (Å²) in [7, 11) is 0. The third kappa shape index (κ3) is 6.06. The lowest BCUT2D eigenvalue weighted by molar-refractivity contribution is 0.133. The largest absolute Gasteiger partial charge is 0.380 e. The van der Waals surface area contributed by atoms with Gasteiger partial charge in [0.25, 0.3) is 0 Å². The van der Waals surface area contributed by atoms with Crippen molar-refractivity contribution in [2.45, 2.75) is 33.2 Å². The zero-order chi connectivity index (χ0) is 12.5.